The highest BCUT2D eigenvalue weighted by atomic mass is 16.5. The minimum Gasteiger partial charge on any atom is -0.493 e. The SMILES string of the molecule is CCCOc1ccc2ccccc2c1CNC(C)(C)CC(C)(C)C. The molecule has 2 rings (SSSR count). The van der Waals surface area contributed by atoms with Gasteiger partial charge in [-0.05, 0) is 48.9 Å². The zero-order valence-corrected chi connectivity index (χ0v) is 16.2. The Balaban J connectivity index is 2.28. The third kappa shape index (κ3) is 5.24. The monoisotopic (exact) mass is 327 g/mol. The van der Waals surface area contributed by atoms with Crippen molar-refractivity contribution in [2.75, 3.05) is 6.61 Å². The van der Waals surface area contributed by atoms with Crippen LogP contribution in [0.15, 0.2) is 36.4 Å². The van der Waals surface area contributed by atoms with Crippen LogP contribution in [0.1, 0.15) is 59.9 Å². The molecule has 132 valence electrons. The van der Waals surface area contributed by atoms with E-state index in [1.165, 1.54) is 16.3 Å². The maximum absolute atomic E-state index is 6.02. The molecule has 0 amide bonds. The van der Waals surface area contributed by atoms with Gasteiger partial charge < -0.3 is 10.1 Å². The second kappa shape index (κ2) is 7.57. The van der Waals surface area contributed by atoms with Crippen LogP contribution in [0.3, 0.4) is 0 Å². The number of hydrogen-bond acceptors (Lipinski definition) is 2. The maximum Gasteiger partial charge on any atom is 0.124 e. The average molecular weight is 328 g/mol. The Morgan fingerprint density at radius 2 is 1.67 bits per heavy atom. The van der Waals surface area contributed by atoms with Crippen LogP contribution in [0, 0.1) is 5.41 Å². The van der Waals surface area contributed by atoms with Crippen LogP contribution in [0.2, 0.25) is 0 Å². The van der Waals surface area contributed by atoms with E-state index in [0.29, 0.717) is 5.41 Å². The summed E-state index contributed by atoms with van der Waals surface area (Å²) < 4.78 is 6.02. The molecule has 0 atom stereocenters. The van der Waals surface area contributed by atoms with Crippen molar-refractivity contribution in [1.29, 1.82) is 0 Å². The molecule has 0 fully saturated rings. The molecule has 2 aromatic carbocycles. The van der Waals surface area contributed by atoms with Gasteiger partial charge in [0.2, 0.25) is 0 Å². The summed E-state index contributed by atoms with van der Waals surface area (Å²) in [7, 11) is 0. The van der Waals surface area contributed by atoms with Crippen LogP contribution in [-0.4, -0.2) is 12.1 Å². The third-order valence-electron chi connectivity index (χ3n) is 4.18. The minimum atomic E-state index is 0.0806. The predicted octanol–water partition coefficient (Wildman–Crippen LogP) is 5.93. The lowest BCUT2D eigenvalue weighted by molar-refractivity contribution is 0.239. The Bertz CT molecular complexity index is 667. The molecule has 2 aromatic rings. The fourth-order valence-electron chi connectivity index (χ4n) is 3.56. The van der Waals surface area contributed by atoms with Gasteiger partial charge in [0, 0.05) is 17.6 Å². The van der Waals surface area contributed by atoms with E-state index in [1.807, 2.05) is 0 Å². The highest BCUT2D eigenvalue weighted by Crippen LogP contribution is 2.31. The van der Waals surface area contributed by atoms with Gasteiger partial charge >= 0.3 is 0 Å². The van der Waals surface area contributed by atoms with Gasteiger partial charge in [-0.2, -0.15) is 0 Å². The van der Waals surface area contributed by atoms with E-state index in [-0.39, 0.29) is 5.54 Å². The number of nitrogens with one attached hydrogen (secondary N) is 1. The summed E-state index contributed by atoms with van der Waals surface area (Å²) in [5.41, 5.74) is 1.65. The highest BCUT2D eigenvalue weighted by Gasteiger charge is 2.25. The van der Waals surface area contributed by atoms with Gasteiger partial charge in [0.15, 0.2) is 0 Å². The number of benzene rings is 2. The Labute approximate surface area is 147 Å². The van der Waals surface area contributed by atoms with Gasteiger partial charge in [-0.1, -0.05) is 58.0 Å². The first kappa shape index (κ1) is 18.8. The molecule has 2 nitrogen and oxygen atoms in total. The minimum absolute atomic E-state index is 0.0806. The van der Waals surface area contributed by atoms with E-state index in [4.69, 9.17) is 4.74 Å². The molecule has 0 radical (unpaired) electrons. The van der Waals surface area contributed by atoms with E-state index >= 15 is 0 Å². The van der Waals surface area contributed by atoms with Crippen molar-refractivity contribution in [2.45, 2.75) is 66.5 Å². The topological polar surface area (TPSA) is 21.3 Å². The molecular weight excluding hydrogens is 294 g/mol. The molecule has 0 unspecified atom stereocenters. The highest BCUT2D eigenvalue weighted by molar-refractivity contribution is 5.87. The summed E-state index contributed by atoms with van der Waals surface area (Å²) >= 11 is 0. The second-order valence-electron chi connectivity index (χ2n) is 8.59. The predicted molar refractivity (Wildman–Crippen MR) is 105 cm³/mol. The zero-order valence-electron chi connectivity index (χ0n) is 16.2. The summed E-state index contributed by atoms with van der Waals surface area (Å²) in [5, 5.41) is 6.31. The summed E-state index contributed by atoms with van der Waals surface area (Å²) in [6, 6.07) is 12.8. The van der Waals surface area contributed by atoms with Gasteiger partial charge in [-0.15, -0.1) is 0 Å². The Hall–Kier alpha value is -1.54. The van der Waals surface area contributed by atoms with Crippen LogP contribution >= 0.6 is 0 Å². The number of ether oxygens (including phenoxy) is 1. The van der Waals surface area contributed by atoms with E-state index in [9.17, 15) is 0 Å². The standard InChI is InChI=1S/C22H33NO/c1-7-14-24-20-13-12-17-10-8-9-11-18(17)19(20)15-23-22(5,6)16-21(2,3)4/h8-13,23H,7,14-16H2,1-6H3. The van der Waals surface area contributed by atoms with Gasteiger partial charge in [0.25, 0.3) is 0 Å². The van der Waals surface area contributed by atoms with Crippen molar-refractivity contribution in [2.24, 2.45) is 5.41 Å². The summed E-state index contributed by atoms with van der Waals surface area (Å²) in [6.07, 6.45) is 2.14. The van der Waals surface area contributed by atoms with Gasteiger partial charge in [0.05, 0.1) is 6.61 Å². The van der Waals surface area contributed by atoms with Crippen molar-refractivity contribution in [3.8, 4) is 5.75 Å². The summed E-state index contributed by atoms with van der Waals surface area (Å²) in [4.78, 5) is 0. The largest absolute Gasteiger partial charge is 0.493 e. The molecule has 0 aliphatic rings. The molecule has 1 N–H and O–H groups in total. The zero-order chi connectivity index (χ0) is 17.8. The first-order chi connectivity index (χ1) is 11.2. The third-order valence-corrected chi connectivity index (χ3v) is 4.18. The molecule has 0 heterocycles. The molecule has 0 aromatic heterocycles. The number of hydrogen-bond donors (Lipinski definition) is 1. The molecule has 2 heteroatoms. The van der Waals surface area contributed by atoms with Crippen molar-refractivity contribution in [1.82, 2.24) is 5.32 Å². The Kier molecular flexibility index (Phi) is 5.92. The lowest BCUT2D eigenvalue weighted by Gasteiger charge is -2.34. The summed E-state index contributed by atoms with van der Waals surface area (Å²) in [6.45, 7) is 15.2. The number of fused-ring (bicyclic) bond motifs is 1. The van der Waals surface area contributed by atoms with Crippen molar-refractivity contribution in [3.05, 3.63) is 42.0 Å². The van der Waals surface area contributed by atoms with Crippen LogP contribution in [0.4, 0.5) is 0 Å². The van der Waals surface area contributed by atoms with Gasteiger partial charge in [0.1, 0.15) is 5.75 Å². The number of rotatable bonds is 7. The second-order valence-corrected chi connectivity index (χ2v) is 8.59. The van der Waals surface area contributed by atoms with Crippen LogP contribution in [0.5, 0.6) is 5.75 Å². The first-order valence-electron chi connectivity index (χ1n) is 9.10. The Morgan fingerprint density at radius 3 is 2.33 bits per heavy atom. The fourth-order valence-corrected chi connectivity index (χ4v) is 3.56. The van der Waals surface area contributed by atoms with Crippen molar-refractivity contribution < 1.29 is 4.74 Å². The molecule has 0 saturated heterocycles. The molecule has 0 bridgehead atoms. The van der Waals surface area contributed by atoms with E-state index in [2.05, 4.69) is 83.3 Å². The molecule has 0 saturated carbocycles. The van der Waals surface area contributed by atoms with Crippen LogP contribution in [0.25, 0.3) is 10.8 Å². The molecule has 0 aliphatic heterocycles. The molecule has 0 spiro atoms. The van der Waals surface area contributed by atoms with E-state index in [0.717, 1.165) is 31.7 Å². The normalized spacial score (nSPS) is 12.6. The van der Waals surface area contributed by atoms with Crippen LogP contribution < -0.4 is 10.1 Å². The smallest absolute Gasteiger partial charge is 0.124 e. The van der Waals surface area contributed by atoms with Crippen molar-refractivity contribution in [3.63, 3.8) is 0 Å². The molecule has 24 heavy (non-hydrogen) atoms. The van der Waals surface area contributed by atoms with E-state index in [1.54, 1.807) is 0 Å². The molecular formula is C22H33NO. The molecule has 0 aliphatic carbocycles. The first-order valence-corrected chi connectivity index (χ1v) is 9.10. The lowest BCUT2D eigenvalue weighted by Crippen LogP contribution is -2.41. The average Bonchev–Trinajstić information content (AvgIpc) is 2.48. The van der Waals surface area contributed by atoms with Crippen molar-refractivity contribution >= 4 is 10.8 Å². The van der Waals surface area contributed by atoms with Gasteiger partial charge in [-0.25, -0.2) is 0 Å². The Morgan fingerprint density at radius 1 is 0.958 bits per heavy atom. The fraction of sp³-hybridized carbons (Fsp3) is 0.545. The lowest BCUT2D eigenvalue weighted by atomic mass is 9.81. The maximum atomic E-state index is 6.02. The quantitative estimate of drug-likeness (QED) is 0.680. The van der Waals surface area contributed by atoms with Crippen LogP contribution in [-0.2, 0) is 6.54 Å². The summed E-state index contributed by atoms with van der Waals surface area (Å²) in [5.74, 6) is 1.01. The van der Waals surface area contributed by atoms with Gasteiger partial charge in [-0.3, -0.25) is 0 Å². The van der Waals surface area contributed by atoms with E-state index < -0.39 is 0 Å².